The van der Waals surface area contributed by atoms with E-state index in [0.29, 0.717) is 45.8 Å². The van der Waals surface area contributed by atoms with Crippen LogP contribution in [-0.4, -0.2) is 22.3 Å². The van der Waals surface area contributed by atoms with Crippen molar-refractivity contribution in [2.24, 2.45) is 0 Å². The van der Waals surface area contributed by atoms with Crippen LogP contribution in [0.1, 0.15) is 21.5 Å². The van der Waals surface area contributed by atoms with Crippen LogP contribution >= 0.6 is 12.2 Å². The number of nitrogens with zero attached hydrogens (tertiary/aromatic N) is 1. The second-order valence-electron chi connectivity index (χ2n) is 7.44. The summed E-state index contributed by atoms with van der Waals surface area (Å²) in [6, 6.07) is 20.1. The number of fused-ring (bicyclic) bond motifs is 2. The number of hydrogen-bond acceptors (Lipinski definition) is 5. The lowest BCUT2D eigenvalue weighted by molar-refractivity contribution is 0.0951. The standard InChI is InChI=1S/C24H19N3O4S/c28-22(25-12-16-6-9-20-21(10-16)31-14-30-20)17-7-8-18-19(11-17)26-24(32)27(23(18)29)13-15-4-2-1-3-5-15/h1-11H,12-14H2,(H,25,28)(H,26,32). The summed E-state index contributed by atoms with van der Waals surface area (Å²) in [5, 5.41) is 3.36. The molecule has 32 heavy (non-hydrogen) atoms. The predicted octanol–water partition coefficient (Wildman–Crippen LogP) is 3.77. The lowest BCUT2D eigenvalue weighted by atomic mass is 10.1. The number of hydrogen-bond donors (Lipinski definition) is 2. The highest BCUT2D eigenvalue weighted by atomic mass is 32.1. The van der Waals surface area contributed by atoms with Crippen molar-refractivity contribution in [1.29, 1.82) is 0 Å². The molecule has 1 amide bonds. The maximum Gasteiger partial charge on any atom is 0.262 e. The molecular formula is C24H19N3O4S. The molecule has 2 N–H and O–H groups in total. The van der Waals surface area contributed by atoms with Gasteiger partial charge in [0.1, 0.15) is 0 Å². The minimum absolute atomic E-state index is 0.195. The molecule has 0 radical (unpaired) electrons. The maximum absolute atomic E-state index is 13.0. The molecule has 7 nitrogen and oxygen atoms in total. The number of aromatic nitrogens is 2. The molecule has 4 aromatic rings. The van der Waals surface area contributed by atoms with Crippen molar-refractivity contribution in [2.75, 3.05) is 6.79 Å². The van der Waals surface area contributed by atoms with E-state index < -0.39 is 0 Å². The van der Waals surface area contributed by atoms with Crippen LogP contribution in [0.15, 0.2) is 71.5 Å². The number of amides is 1. The van der Waals surface area contributed by atoms with Gasteiger partial charge >= 0.3 is 0 Å². The van der Waals surface area contributed by atoms with Gasteiger partial charge in [0.25, 0.3) is 11.5 Å². The van der Waals surface area contributed by atoms with Crippen molar-refractivity contribution in [3.63, 3.8) is 0 Å². The van der Waals surface area contributed by atoms with Crippen molar-refractivity contribution < 1.29 is 14.3 Å². The molecule has 0 unspecified atom stereocenters. The zero-order valence-corrected chi connectivity index (χ0v) is 17.8. The van der Waals surface area contributed by atoms with E-state index in [1.807, 2.05) is 48.5 Å². The summed E-state index contributed by atoms with van der Waals surface area (Å²) in [4.78, 5) is 28.8. The van der Waals surface area contributed by atoms with Gasteiger partial charge in [-0.2, -0.15) is 0 Å². The molecule has 0 saturated heterocycles. The minimum Gasteiger partial charge on any atom is -0.454 e. The van der Waals surface area contributed by atoms with E-state index in [4.69, 9.17) is 21.7 Å². The van der Waals surface area contributed by atoms with Crippen LogP contribution in [0.25, 0.3) is 10.9 Å². The molecule has 2 heterocycles. The van der Waals surface area contributed by atoms with E-state index >= 15 is 0 Å². The van der Waals surface area contributed by atoms with E-state index in [1.54, 1.807) is 18.2 Å². The summed E-state index contributed by atoms with van der Waals surface area (Å²) >= 11 is 5.41. The SMILES string of the molecule is O=C(NCc1ccc2c(c1)OCO2)c1ccc2c(=O)n(Cc3ccccc3)c(=S)[nH]c2c1. The van der Waals surface area contributed by atoms with Gasteiger partial charge in [-0.05, 0) is 53.7 Å². The molecule has 0 bridgehead atoms. The van der Waals surface area contributed by atoms with Crippen LogP contribution in [-0.2, 0) is 13.1 Å². The molecule has 0 fully saturated rings. The molecule has 0 atom stereocenters. The third kappa shape index (κ3) is 3.88. The Morgan fingerprint density at radius 1 is 1.00 bits per heavy atom. The van der Waals surface area contributed by atoms with Crippen LogP contribution in [0.4, 0.5) is 0 Å². The monoisotopic (exact) mass is 445 g/mol. The van der Waals surface area contributed by atoms with Crippen LogP contribution in [0.5, 0.6) is 11.5 Å². The average molecular weight is 446 g/mol. The van der Waals surface area contributed by atoms with E-state index in [-0.39, 0.29) is 18.3 Å². The van der Waals surface area contributed by atoms with Gasteiger partial charge in [0.15, 0.2) is 16.3 Å². The highest BCUT2D eigenvalue weighted by Crippen LogP contribution is 2.32. The van der Waals surface area contributed by atoms with E-state index in [1.165, 1.54) is 4.57 Å². The molecule has 8 heteroatoms. The first kappa shape index (κ1) is 20.0. The number of benzene rings is 3. The van der Waals surface area contributed by atoms with E-state index in [9.17, 15) is 9.59 Å². The fraction of sp³-hybridized carbons (Fsp3) is 0.125. The minimum atomic E-state index is -0.252. The molecule has 0 saturated carbocycles. The molecule has 3 aromatic carbocycles. The van der Waals surface area contributed by atoms with Crippen LogP contribution in [0.2, 0.25) is 0 Å². The molecular weight excluding hydrogens is 426 g/mol. The number of carbonyl (C=O) groups is 1. The zero-order chi connectivity index (χ0) is 22.1. The molecule has 1 aliphatic heterocycles. The van der Waals surface area contributed by atoms with Gasteiger partial charge in [-0.15, -0.1) is 0 Å². The largest absolute Gasteiger partial charge is 0.454 e. The summed E-state index contributed by atoms with van der Waals surface area (Å²) in [6.45, 7) is 0.918. The van der Waals surface area contributed by atoms with Gasteiger partial charge in [0.2, 0.25) is 6.79 Å². The number of nitrogens with one attached hydrogen (secondary N) is 2. The first-order chi connectivity index (χ1) is 15.6. The number of aromatic amines is 1. The zero-order valence-electron chi connectivity index (χ0n) is 17.0. The molecule has 5 rings (SSSR count). The Hall–Kier alpha value is -3.91. The van der Waals surface area contributed by atoms with E-state index in [2.05, 4.69) is 10.3 Å². The average Bonchev–Trinajstić information content (AvgIpc) is 3.28. The Kier molecular flexibility index (Phi) is 5.20. The number of ether oxygens (including phenoxy) is 2. The lowest BCUT2D eigenvalue weighted by Crippen LogP contribution is -2.24. The topological polar surface area (TPSA) is 85.3 Å². The Bertz CT molecular complexity index is 1440. The van der Waals surface area contributed by atoms with Gasteiger partial charge in [0, 0.05) is 12.1 Å². The first-order valence-corrected chi connectivity index (χ1v) is 10.5. The normalized spacial score (nSPS) is 12.1. The van der Waals surface area contributed by atoms with Crippen LogP contribution < -0.4 is 20.3 Å². The quantitative estimate of drug-likeness (QED) is 0.457. The Morgan fingerprint density at radius 2 is 1.81 bits per heavy atom. The number of rotatable bonds is 5. The van der Waals surface area contributed by atoms with Gasteiger partial charge in [-0.3, -0.25) is 14.2 Å². The summed E-state index contributed by atoms with van der Waals surface area (Å²) in [7, 11) is 0. The van der Waals surface area contributed by atoms with Crippen molar-refractivity contribution in [2.45, 2.75) is 13.1 Å². The predicted molar refractivity (Wildman–Crippen MR) is 123 cm³/mol. The first-order valence-electron chi connectivity index (χ1n) is 10.1. The van der Waals surface area contributed by atoms with Gasteiger partial charge in [-0.1, -0.05) is 36.4 Å². The maximum atomic E-state index is 13.0. The second kappa shape index (κ2) is 8.32. The summed E-state index contributed by atoms with van der Waals surface area (Å²) in [6.07, 6.45) is 0. The molecule has 0 aliphatic carbocycles. The van der Waals surface area contributed by atoms with Gasteiger partial charge in [0.05, 0.1) is 17.4 Å². The van der Waals surface area contributed by atoms with Crippen molar-refractivity contribution in [3.8, 4) is 11.5 Å². The summed E-state index contributed by atoms with van der Waals surface area (Å²) in [5.41, 5.74) is 2.64. The second-order valence-corrected chi connectivity index (χ2v) is 7.82. The third-order valence-electron chi connectivity index (χ3n) is 5.32. The fourth-order valence-electron chi connectivity index (χ4n) is 3.64. The van der Waals surface area contributed by atoms with Gasteiger partial charge in [-0.25, -0.2) is 0 Å². The molecule has 1 aliphatic rings. The van der Waals surface area contributed by atoms with Crippen LogP contribution in [0.3, 0.4) is 0 Å². The van der Waals surface area contributed by atoms with Crippen molar-refractivity contribution >= 4 is 29.0 Å². The Morgan fingerprint density at radius 3 is 2.66 bits per heavy atom. The third-order valence-corrected chi connectivity index (χ3v) is 5.64. The van der Waals surface area contributed by atoms with E-state index in [0.717, 1.165) is 11.1 Å². The summed E-state index contributed by atoms with van der Waals surface area (Å²) < 4.78 is 12.5. The van der Waals surface area contributed by atoms with Crippen LogP contribution in [0, 0.1) is 4.77 Å². The van der Waals surface area contributed by atoms with Crippen molar-refractivity contribution in [1.82, 2.24) is 14.9 Å². The lowest BCUT2D eigenvalue weighted by Gasteiger charge is -2.10. The smallest absolute Gasteiger partial charge is 0.262 e. The summed E-state index contributed by atoms with van der Waals surface area (Å²) in [5.74, 6) is 1.11. The highest BCUT2D eigenvalue weighted by Gasteiger charge is 2.14. The fourth-order valence-corrected chi connectivity index (χ4v) is 3.90. The number of carbonyl (C=O) groups excluding carboxylic acids is 1. The number of H-pyrrole nitrogens is 1. The van der Waals surface area contributed by atoms with Gasteiger partial charge < -0.3 is 19.8 Å². The molecule has 0 spiro atoms. The van der Waals surface area contributed by atoms with Crippen molar-refractivity contribution in [3.05, 3.63) is 98.5 Å². The Labute approximate surface area is 188 Å². The molecule has 1 aromatic heterocycles. The highest BCUT2D eigenvalue weighted by molar-refractivity contribution is 7.71. The Balaban J connectivity index is 1.37. The molecule has 160 valence electrons.